The minimum Gasteiger partial charge on any atom is -0.360 e. The normalized spacial score (nSPS) is 20.0. The van der Waals surface area contributed by atoms with E-state index in [1.54, 1.807) is 12.4 Å². The number of nitrogens with one attached hydrogen (secondary N) is 2. The minimum atomic E-state index is 0.440. The molecule has 4 rings (SSSR count). The van der Waals surface area contributed by atoms with E-state index >= 15 is 0 Å². The molecule has 0 radical (unpaired) electrons. The molecule has 2 N–H and O–H groups in total. The standard InChI is InChI=1S/C21H29N7S2/c1-15-8-5-6-13-28(15)17-14-18(30-21-22-11-7-12-23-21)26-19(25-17)27-20(29)24-16-9-3-2-4-10-16/h7,11-12,14-16H,2-6,8-10,13H2,1H3,(H2,24,25,26,27,29)/t15-/m1/s1. The summed E-state index contributed by atoms with van der Waals surface area (Å²) < 4.78 is 0. The monoisotopic (exact) mass is 443 g/mol. The first-order valence-electron chi connectivity index (χ1n) is 10.9. The van der Waals surface area contributed by atoms with Gasteiger partial charge < -0.3 is 15.5 Å². The van der Waals surface area contributed by atoms with Crippen LogP contribution in [0.4, 0.5) is 11.8 Å². The van der Waals surface area contributed by atoms with Crippen molar-refractivity contribution in [3.63, 3.8) is 0 Å². The largest absolute Gasteiger partial charge is 0.360 e. The molecule has 3 heterocycles. The molecule has 0 amide bonds. The quantitative estimate of drug-likeness (QED) is 0.397. The van der Waals surface area contributed by atoms with E-state index in [9.17, 15) is 0 Å². The summed E-state index contributed by atoms with van der Waals surface area (Å²) in [6, 6.07) is 4.74. The summed E-state index contributed by atoms with van der Waals surface area (Å²) in [5.41, 5.74) is 0. The molecule has 2 fully saturated rings. The smallest absolute Gasteiger partial charge is 0.232 e. The van der Waals surface area contributed by atoms with E-state index in [-0.39, 0.29) is 0 Å². The molecule has 0 spiro atoms. The van der Waals surface area contributed by atoms with Crippen LogP contribution in [-0.4, -0.2) is 43.7 Å². The number of rotatable bonds is 5. The summed E-state index contributed by atoms with van der Waals surface area (Å²) in [4.78, 5) is 20.5. The molecule has 2 aromatic heterocycles. The van der Waals surface area contributed by atoms with E-state index in [0.29, 0.717) is 28.3 Å². The van der Waals surface area contributed by atoms with Crippen molar-refractivity contribution in [2.75, 3.05) is 16.8 Å². The molecule has 1 aliphatic heterocycles. The van der Waals surface area contributed by atoms with Crippen molar-refractivity contribution in [2.45, 2.75) is 80.6 Å². The second-order valence-electron chi connectivity index (χ2n) is 7.99. The Morgan fingerprint density at radius 2 is 1.83 bits per heavy atom. The van der Waals surface area contributed by atoms with E-state index < -0.39 is 0 Å². The highest BCUT2D eigenvalue weighted by atomic mass is 32.2. The molecule has 2 aromatic rings. The van der Waals surface area contributed by atoms with Crippen molar-refractivity contribution in [3.05, 3.63) is 24.5 Å². The number of piperidine rings is 1. The van der Waals surface area contributed by atoms with Gasteiger partial charge in [0.05, 0.1) is 0 Å². The lowest BCUT2D eigenvalue weighted by atomic mass is 9.96. The molecule has 1 atom stereocenters. The molecule has 2 aliphatic rings. The second kappa shape index (κ2) is 10.3. The number of aromatic nitrogens is 4. The first kappa shape index (κ1) is 21.2. The average molecular weight is 444 g/mol. The highest BCUT2D eigenvalue weighted by molar-refractivity contribution is 7.99. The molecule has 1 saturated carbocycles. The lowest BCUT2D eigenvalue weighted by Gasteiger charge is -2.34. The molecule has 0 aromatic carbocycles. The van der Waals surface area contributed by atoms with E-state index in [0.717, 1.165) is 17.4 Å². The fourth-order valence-corrected chi connectivity index (χ4v) is 5.08. The average Bonchev–Trinajstić information content (AvgIpc) is 2.75. The number of hydrogen-bond donors (Lipinski definition) is 2. The molecular weight excluding hydrogens is 414 g/mol. The zero-order valence-corrected chi connectivity index (χ0v) is 19.0. The van der Waals surface area contributed by atoms with Crippen LogP contribution in [0.25, 0.3) is 0 Å². The summed E-state index contributed by atoms with van der Waals surface area (Å²) in [6.45, 7) is 3.27. The zero-order valence-electron chi connectivity index (χ0n) is 17.4. The fourth-order valence-electron chi connectivity index (χ4n) is 4.11. The zero-order chi connectivity index (χ0) is 20.8. The molecule has 160 valence electrons. The molecular formula is C21H29N7S2. The van der Waals surface area contributed by atoms with Crippen molar-refractivity contribution in [1.82, 2.24) is 25.3 Å². The van der Waals surface area contributed by atoms with Crippen LogP contribution < -0.4 is 15.5 Å². The molecule has 0 unspecified atom stereocenters. The lowest BCUT2D eigenvalue weighted by Crippen LogP contribution is -2.40. The predicted octanol–water partition coefficient (Wildman–Crippen LogP) is 4.42. The summed E-state index contributed by atoms with van der Waals surface area (Å²) in [7, 11) is 0. The van der Waals surface area contributed by atoms with Crippen LogP contribution in [0.3, 0.4) is 0 Å². The Morgan fingerprint density at radius 3 is 2.60 bits per heavy atom. The number of hydrogen-bond acceptors (Lipinski definition) is 7. The second-order valence-corrected chi connectivity index (χ2v) is 9.39. The Kier molecular flexibility index (Phi) is 7.33. The van der Waals surface area contributed by atoms with Gasteiger partial charge >= 0.3 is 0 Å². The number of nitrogens with zero attached hydrogens (tertiary/aromatic N) is 5. The van der Waals surface area contributed by atoms with E-state index in [4.69, 9.17) is 17.2 Å². The first-order valence-corrected chi connectivity index (χ1v) is 12.1. The topological polar surface area (TPSA) is 78.9 Å². The highest BCUT2D eigenvalue weighted by Gasteiger charge is 2.22. The van der Waals surface area contributed by atoms with Crippen molar-refractivity contribution in [3.8, 4) is 0 Å². The van der Waals surface area contributed by atoms with Crippen molar-refractivity contribution in [2.24, 2.45) is 0 Å². The van der Waals surface area contributed by atoms with Crippen molar-refractivity contribution in [1.29, 1.82) is 0 Å². The van der Waals surface area contributed by atoms with Crippen molar-refractivity contribution >= 4 is 40.9 Å². The Morgan fingerprint density at radius 1 is 1.07 bits per heavy atom. The van der Waals surface area contributed by atoms with Crippen LogP contribution in [0.15, 0.2) is 34.7 Å². The van der Waals surface area contributed by atoms with Gasteiger partial charge in [0.15, 0.2) is 10.3 Å². The summed E-state index contributed by atoms with van der Waals surface area (Å²) in [6.07, 6.45) is 13.3. The maximum atomic E-state index is 5.57. The van der Waals surface area contributed by atoms with Gasteiger partial charge in [0, 0.05) is 37.1 Å². The maximum absolute atomic E-state index is 5.57. The van der Waals surface area contributed by atoms with Crippen LogP contribution in [0.5, 0.6) is 0 Å². The lowest BCUT2D eigenvalue weighted by molar-refractivity contribution is 0.414. The van der Waals surface area contributed by atoms with Gasteiger partial charge in [0.2, 0.25) is 5.95 Å². The van der Waals surface area contributed by atoms with Gasteiger partial charge in [-0.3, -0.25) is 0 Å². The van der Waals surface area contributed by atoms with Gasteiger partial charge in [-0.2, -0.15) is 4.98 Å². The van der Waals surface area contributed by atoms with Crippen LogP contribution >= 0.6 is 24.0 Å². The minimum absolute atomic E-state index is 0.440. The third kappa shape index (κ3) is 5.78. The molecule has 9 heteroatoms. The molecule has 30 heavy (non-hydrogen) atoms. The molecule has 1 saturated heterocycles. The third-order valence-corrected chi connectivity index (χ3v) is 6.72. The summed E-state index contributed by atoms with van der Waals surface area (Å²) in [5, 5.41) is 8.74. The van der Waals surface area contributed by atoms with Crippen LogP contribution in [-0.2, 0) is 0 Å². The van der Waals surface area contributed by atoms with Crippen molar-refractivity contribution < 1.29 is 0 Å². The number of anilines is 2. The van der Waals surface area contributed by atoms with Gasteiger partial charge in [-0.1, -0.05) is 19.3 Å². The van der Waals surface area contributed by atoms with E-state index in [1.165, 1.54) is 63.1 Å². The summed E-state index contributed by atoms with van der Waals surface area (Å²) in [5.74, 6) is 1.45. The summed E-state index contributed by atoms with van der Waals surface area (Å²) >= 11 is 7.01. The van der Waals surface area contributed by atoms with Crippen LogP contribution in [0.2, 0.25) is 0 Å². The molecule has 7 nitrogen and oxygen atoms in total. The first-order chi connectivity index (χ1) is 14.7. The predicted molar refractivity (Wildman–Crippen MR) is 125 cm³/mol. The Labute approximate surface area is 187 Å². The highest BCUT2D eigenvalue weighted by Crippen LogP contribution is 2.30. The van der Waals surface area contributed by atoms with Gasteiger partial charge in [-0.25, -0.2) is 15.0 Å². The van der Waals surface area contributed by atoms with Gasteiger partial charge in [0.1, 0.15) is 10.8 Å². The molecule has 0 bridgehead atoms. The van der Waals surface area contributed by atoms with Crippen LogP contribution in [0.1, 0.15) is 58.3 Å². The van der Waals surface area contributed by atoms with Gasteiger partial charge in [-0.15, -0.1) is 0 Å². The SMILES string of the molecule is C[C@@H]1CCCCN1c1cc(Sc2ncccn2)nc(NC(=S)NC2CCCCC2)n1. The van der Waals surface area contributed by atoms with Gasteiger partial charge in [-0.05, 0) is 69.1 Å². The Hall–Kier alpha value is -2.00. The Bertz CT molecular complexity index is 843. The Balaban J connectivity index is 1.53. The van der Waals surface area contributed by atoms with E-state index in [1.807, 2.05) is 12.1 Å². The fraction of sp³-hybridized carbons (Fsp3) is 0.571. The van der Waals surface area contributed by atoms with E-state index in [2.05, 4.69) is 37.4 Å². The third-order valence-electron chi connectivity index (χ3n) is 5.69. The maximum Gasteiger partial charge on any atom is 0.232 e. The molecule has 1 aliphatic carbocycles. The number of thiocarbonyl (C=S) groups is 1. The van der Waals surface area contributed by atoms with Crippen LogP contribution in [0, 0.1) is 0 Å². The van der Waals surface area contributed by atoms with Gasteiger partial charge in [0.25, 0.3) is 0 Å².